The van der Waals surface area contributed by atoms with Crippen LogP contribution in [0.5, 0.6) is 11.5 Å². The van der Waals surface area contributed by atoms with Gasteiger partial charge in [0.1, 0.15) is 0 Å². The maximum atomic E-state index is 13.7. The van der Waals surface area contributed by atoms with Gasteiger partial charge in [-0.2, -0.15) is 4.39 Å². The van der Waals surface area contributed by atoms with Gasteiger partial charge in [0.15, 0.2) is 17.3 Å². The highest BCUT2D eigenvalue weighted by Crippen LogP contribution is 2.32. The summed E-state index contributed by atoms with van der Waals surface area (Å²) < 4.78 is 36.6. The molecule has 1 rings (SSSR count). The molecule has 0 saturated heterocycles. The largest absolute Gasteiger partial charge is 0.494 e. The van der Waals surface area contributed by atoms with Crippen LogP contribution >= 0.6 is 0 Å². The molecule has 0 atom stereocenters. The lowest BCUT2D eigenvalue weighted by atomic mass is 10.1. The monoisotopic (exact) mass is 232 g/mol. The molecule has 0 aromatic heterocycles. The fourth-order valence-corrected chi connectivity index (χ4v) is 1.42. The highest BCUT2D eigenvalue weighted by atomic mass is 19.1. The smallest absolute Gasteiger partial charge is 0.209 e. The average Bonchev–Trinajstić information content (AvgIpc) is 2.29. The molecule has 0 heterocycles. The Kier molecular flexibility index (Phi) is 4.49. The number of hydrogen-bond donors (Lipinski definition) is 1. The van der Waals surface area contributed by atoms with Crippen LogP contribution in [0.4, 0.5) is 8.78 Å². The Morgan fingerprint density at radius 2 is 1.88 bits per heavy atom. The first-order valence-electron chi connectivity index (χ1n) is 4.85. The van der Waals surface area contributed by atoms with E-state index in [-0.39, 0.29) is 17.9 Å². The topological polar surface area (TPSA) is 38.7 Å². The van der Waals surface area contributed by atoms with Crippen LogP contribution in [0.25, 0.3) is 0 Å². The Bertz CT molecular complexity index is 367. The molecule has 0 bridgehead atoms. The summed E-state index contributed by atoms with van der Waals surface area (Å²) in [5.74, 6) is -2.11. The van der Waals surface area contributed by atoms with Gasteiger partial charge in [0.05, 0.1) is 14.2 Å². The molecule has 90 valence electrons. The van der Waals surface area contributed by atoms with Gasteiger partial charge in [0, 0.05) is 6.61 Å². The van der Waals surface area contributed by atoms with Crippen LogP contribution in [0, 0.1) is 11.6 Å². The van der Waals surface area contributed by atoms with Crippen molar-refractivity contribution in [2.75, 3.05) is 20.8 Å². The van der Waals surface area contributed by atoms with Gasteiger partial charge in [-0.05, 0) is 24.5 Å². The predicted molar refractivity (Wildman–Crippen MR) is 54.9 cm³/mol. The van der Waals surface area contributed by atoms with Crippen molar-refractivity contribution in [1.29, 1.82) is 0 Å². The average molecular weight is 232 g/mol. The molecule has 0 fully saturated rings. The van der Waals surface area contributed by atoms with Crippen LogP contribution in [0.2, 0.25) is 0 Å². The van der Waals surface area contributed by atoms with E-state index in [1.165, 1.54) is 20.3 Å². The van der Waals surface area contributed by atoms with Gasteiger partial charge in [-0.15, -0.1) is 0 Å². The number of aliphatic hydroxyl groups excluding tert-OH is 1. The third-order valence-corrected chi connectivity index (χ3v) is 2.23. The van der Waals surface area contributed by atoms with E-state index in [1.807, 2.05) is 0 Å². The van der Waals surface area contributed by atoms with E-state index in [0.29, 0.717) is 12.8 Å². The van der Waals surface area contributed by atoms with Crippen LogP contribution in [-0.4, -0.2) is 25.9 Å². The lowest BCUT2D eigenvalue weighted by molar-refractivity contribution is 0.286. The van der Waals surface area contributed by atoms with E-state index in [9.17, 15) is 8.78 Å². The number of ether oxygens (including phenoxy) is 2. The van der Waals surface area contributed by atoms with E-state index < -0.39 is 17.4 Å². The zero-order chi connectivity index (χ0) is 12.1. The SMILES string of the molecule is COc1cc(CCCO)c(F)c(OC)c1F. The zero-order valence-corrected chi connectivity index (χ0v) is 9.22. The quantitative estimate of drug-likeness (QED) is 0.842. The van der Waals surface area contributed by atoms with Crippen LogP contribution < -0.4 is 9.47 Å². The van der Waals surface area contributed by atoms with Gasteiger partial charge in [0.25, 0.3) is 0 Å². The fraction of sp³-hybridized carbons (Fsp3) is 0.455. The first-order valence-corrected chi connectivity index (χ1v) is 4.85. The maximum absolute atomic E-state index is 13.7. The van der Waals surface area contributed by atoms with Crippen molar-refractivity contribution in [3.05, 3.63) is 23.3 Å². The highest BCUT2D eigenvalue weighted by molar-refractivity contribution is 5.42. The van der Waals surface area contributed by atoms with Gasteiger partial charge in [-0.1, -0.05) is 0 Å². The van der Waals surface area contributed by atoms with Crippen molar-refractivity contribution < 1.29 is 23.4 Å². The molecular formula is C11H14F2O3. The maximum Gasteiger partial charge on any atom is 0.209 e. The summed E-state index contributed by atoms with van der Waals surface area (Å²) in [5.41, 5.74) is 0.268. The van der Waals surface area contributed by atoms with Gasteiger partial charge < -0.3 is 14.6 Å². The van der Waals surface area contributed by atoms with Crippen LogP contribution in [0.3, 0.4) is 0 Å². The molecule has 0 radical (unpaired) electrons. The molecule has 0 aliphatic carbocycles. The first-order chi connectivity index (χ1) is 7.65. The highest BCUT2D eigenvalue weighted by Gasteiger charge is 2.19. The van der Waals surface area contributed by atoms with E-state index in [4.69, 9.17) is 9.84 Å². The van der Waals surface area contributed by atoms with Gasteiger partial charge in [-0.3, -0.25) is 0 Å². The van der Waals surface area contributed by atoms with Crippen LogP contribution in [0.15, 0.2) is 6.07 Å². The Balaban J connectivity index is 3.18. The summed E-state index contributed by atoms with van der Waals surface area (Å²) in [6.45, 7) is -0.0541. The summed E-state index contributed by atoms with van der Waals surface area (Å²) in [5, 5.41) is 8.67. The second-order valence-electron chi connectivity index (χ2n) is 3.23. The summed E-state index contributed by atoms with van der Waals surface area (Å²) in [4.78, 5) is 0. The van der Waals surface area contributed by atoms with E-state index in [0.717, 1.165) is 0 Å². The van der Waals surface area contributed by atoms with Gasteiger partial charge in [-0.25, -0.2) is 4.39 Å². The van der Waals surface area contributed by atoms with E-state index in [1.54, 1.807) is 0 Å². The second-order valence-corrected chi connectivity index (χ2v) is 3.23. The Morgan fingerprint density at radius 3 is 2.38 bits per heavy atom. The number of aliphatic hydroxyl groups is 1. The Labute approximate surface area is 92.6 Å². The summed E-state index contributed by atoms with van der Waals surface area (Å²) in [7, 11) is 2.49. The van der Waals surface area contributed by atoms with E-state index in [2.05, 4.69) is 4.74 Å². The zero-order valence-electron chi connectivity index (χ0n) is 9.22. The lowest BCUT2D eigenvalue weighted by Gasteiger charge is -2.11. The first kappa shape index (κ1) is 12.7. The standard InChI is InChI=1S/C11H14F2O3/c1-15-8-6-7(4-3-5-14)9(12)11(16-2)10(8)13/h6,14H,3-5H2,1-2H3. The molecule has 1 N–H and O–H groups in total. The van der Waals surface area contributed by atoms with Crippen molar-refractivity contribution in [3.63, 3.8) is 0 Å². The normalized spacial score (nSPS) is 10.3. The number of hydrogen-bond acceptors (Lipinski definition) is 3. The minimum Gasteiger partial charge on any atom is -0.494 e. The van der Waals surface area contributed by atoms with Crippen LogP contribution in [0.1, 0.15) is 12.0 Å². The van der Waals surface area contributed by atoms with Crippen molar-refractivity contribution in [3.8, 4) is 11.5 Å². The molecule has 0 aliphatic rings. The Morgan fingerprint density at radius 1 is 1.19 bits per heavy atom. The van der Waals surface area contributed by atoms with Crippen molar-refractivity contribution in [1.82, 2.24) is 0 Å². The van der Waals surface area contributed by atoms with Gasteiger partial charge in [0.2, 0.25) is 5.82 Å². The minimum atomic E-state index is -0.852. The van der Waals surface area contributed by atoms with E-state index >= 15 is 0 Å². The summed E-state index contributed by atoms with van der Waals surface area (Å²) in [6.07, 6.45) is 0.699. The second kappa shape index (κ2) is 5.65. The molecular weight excluding hydrogens is 218 g/mol. The third-order valence-electron chi connectivity index (χ3n) is 2.23. The fourth-order valence-electron chi connectivity index (χ4n) is 1.42. The number of rotatable bonds is 5. The summed E-state index contributed by atoms with van der Waals surface area (Å²) >= 11 is 0. The molecule has 0 spiro atoms. The molecule has 3 nitrogen and oxygen atoms in total. The van der Waals surface area contributed by atoms with Crippen molar-refractivity contribution >= 4 is 0 Å². The summed E-state index contributed by atoms with van der Waals surface area (Å²) in [6, 6.07) is 1.28. The third kappa shape index (κ3) is 2.41. The van der Waals surface area contributed by atoms with Crippen LogP contribution in [-0.2, 0) is 6.42 Å². The molecule has 0 amide bonds. The number of halogens is 2. The minimum absolute atomic E-state index is 0.0541. The molecule has 0 aliphatic heterocycles. The number of benzene rings is 1. The molecule has 1 aromatic rings. The molecule has 5 heteroatoms. The number of methoxy groups -OCH3 is 2. The predicted octanol–water partition coefficient (Wildman–Crippen LogP) is 1.91. The molecule has 0 saturated carbocycles. The lowest BCUT2D eigenvalue weighted by Crippen LogP contribution is -2.02. The van der Waals surface area contributed by atoms with Gasteiger partial charge >= 0.3 is 0 Å². The molecule has 1 aromatic carbocycles. The molecule has 16 heavy (non-hydrogen) atoms. The number of aryl methyl sites for hydroxylation is 1. The van der Waals surface area contributed by atoms with Crippen molar-refractivity contribution in [2.45, 2.75) is 12.8 Å². The Hall–Kier alpha value is -1.36. The van der Waals surface area contributed by atoms with Crippen molar-refractivity contribution in [2.24, 2.45) is 0 Å². The molecule has 0 unspecified atom stereocenters.